The molecule has 0 aliphatic carbocycles. The van der Waals surface area contributed by atoms with Gasteiger partial charge in [0.15, 0.2) is 0 Å². The van der Waals surface area contributed by atoms with Crippen molar-refractivity contribution in [2.75, 3.05) is 11.1 Å². The lowest BCUT2D eigenvalue weighted by atomic mass is 10.0. The molecule has 1 amide bonds. The van der Waals surface area contributed by atoms with Gasteiger partial charge in [-0.3, -0.25) is 4.79 Å². The molecule has 0 saturated heterocycles. The molecule has 0 fully saturated rings. The fraction of sp³-hybridized carbons (Fsp3) is 0.167. The van der Waals surface area contributed by atoms with Crippen molar-refractivity contribution < 1.29 is 4.79 Å². The molecule has 0 heterocycles. The molecular formula is C18H19ClN2O. The number of anilines is 2. The Labute approximate surface area is 135 Å². The highest BCUT2D eigenvalue weighted by atomic mass is 35.5. The van der Waals surface area contributed by atoms with Gasteiger partial charge in [-0.25, -0.2) is 0 Å². The molecule has 2 rings (SSSR count). The number of carbonyl (C=O) groups excluding carboxylic acids is 1. The molecular weight excluding hydrogens is 296 g/mol. The topological polar surface area (TPSA) is 55.1 Å². The summed E-state index contributed by atoms with van der Waals surface area (Å²) in [5.74, 6) is 0.258. The SMILES string of the molecule is CC(C)c1ccc(/C=C/C(=O)Nc2ccc(N)cc2Cl)cc1. The van der Waals surface area contributed by atoms with Crippen LogP contribution >= 0.6 is 11.6 Å². The predicted molar refractivity (Wildman–Crippen MR) is 94.1 cm³/mol. The molecule has 0 atom stereocenters. The van der Waals surface area contributed by atoms with Crippen molar-refractivity contribution in [3.05, 3.63) is 64.7 Å². The lowest BCUT2D eigenvalue weighted by Crippen LogP contribution is -2.08. The standard InChI is InChI=1S/C18H19ClN2O/c1-12(2)14-6-3-13(4-7-14)5-10-18(22)21-17-9-8-15(20)11-16(17)19/h3-12H,20H2,1-2H3,(H,21,22)/b10-5+. The van der Waals surface area contributed by atoms with Gasteiger partial charge in [-0.15, -0.1) is 0 Å². The van der Waals surface area contributed by atoms with E-state index in [0.717, 1.165) is 5.56 Å². The van der Waals surface area contributed by atoms with Crippen molar-refractivity contribution in [1.82, 2.24) is 0 Å². The number of carbonyl (C=O) groups is 1. The molecule has 0 aromatic heterocycles. The zero-order valence-corrected chi connectivity index (χ0v) is 13.4. The van der Waals surface area contributed by atoms with Crippen LogP contribution in [0.15, 0.2) is 48.5 Å². The molecule has 3 nitrogen and oxygen atoms in total. The number of hydrogen-bond acceptors (Lipinski definition) is 2. The third-order valence-electron chi connectivity index (χ3n) is 3.28. The average Bonchev–Trinajstić information content (AvgIpc) is 2.48. The summed E-state index contributed by atoms with van der Waals surface area (Å²) in [6.45, 7) is 4.29. The van der Waals surface area contributed by atoms with Gasteiger partial charge in [-0.05, 0) is 41.3 Å². The van der Waals surface area contributed by atoms with Crippen molar-refractivity contribution in [3.8, 4) is 0 Å². The van der Waals surface area contributed by atoms with Crippen LogP contribution in [0.3, 0.4) is 0 Å². The quantitative estimate of drug-likeness (QED) is 0.635. The van der Waals surface area contributed by atoms with Gasteiger partial charge in [0.25, 0.3) is 0 Å². The highest BCUT2D eigenvalue weighted by molar-refractivity contribution is 6.34. The van der Waals surface area contributed by atoms with E-state index in [2.05, 4.69) is 31.3 Å². The second-order valence-corrected chi connectivity index (χ2v) is 5.79. The summed E-state index contributed by atoms with van der Waals surface area (Å²) in [5.41, 5.74) is 8.96. The van der Waals surface area contributed by atoms with Crippen molar-refractivity contribution in [2.24, 2.45) is 0 Å². The van der Waals surface area contributed by atoms with Gasteiger partial charge in [0.05, 0.1) is 10.7 Å². The van der Waals surface area contributed by atoms with E-state index in [1.54, 1.807) is 24.3 Å². The smallest absolute Gasteiger partial charge is 0.248 e. The first kappa shape index (κ1) is 16.1. The Kier molecular flexibility index (Phi) is 5.23. The minimum absolute atomic E-state index is 0.236. The lowest BCUT2D eigenvalue weighted by molar-refractivity contribution is -0.111. The lowest BCUT2D eigenvalue weighted by Gasteiger charge is -2.06. The van der Waals surface area contributed by atoms with Crippen molar-refractivity contribution in [1.29, 1.82) is 0 Å². The Morgan fingerprint density at radius 3 is 2.45 bits per heavy atom. The van der Waals surface area contributed by atoms with Crippen LogP contribution in [0.2, 0.25) is 5.02 Å². The molecule has 0 aliphatic heterocycles. The van der Waals surface area contributed by atoms with Gasteiger partial charge in [0.1, 0.15) is 0 Å². The molecule has 0 spiro atoms. The summed E-state index contributed by atoms with van der Waals surface area (Å²) >= 11 is 6.02. The normalized spacial score (nSPS) is 11.1. The average molecular weight is 315 g/mol. The van der Waals surface area contributed by atoms with E-state index in [9.17, 15) is 4.79 Å². The number of benzene rings is 2. The Balaban J connectivity index is 2.01. The minimum Gasteiger partial charge on any atom is -0.399 e. The first-order chi connectivity index (χ1) is 10.5. The number of nitrogens with two attached hydrogens (primary N) is 1. The maximum atomic E-state index is 11.9. The zero-order valence-electron chi connectivity index (χ0n) is 12.6. The number of hydrogen-bond donors (Lipinski definition) is 2. The third-order valence-corrected chi connectivity index (χ3v) is 3.59. The minimum atomic E-state index is -0.236. The molecule has 0 unspecified atom stereocenters. The first-order valence-corrected chi connectivity index (χ1v) is 7.47. The highest BCUT2D eigenvalue weighted by Crippen LogP contribution is 2.24. The highest BCUT2D eigenvalue weighted by Gasteiger charge is 2.03. The first-order valence-electron chi connectivity index (χ1n) is 7.10. The van der Waals surface area contributed by atoms with E-state index in [1.807, 2.05) is 12.1 Å². The van der Waals surface area contributed by atoms with E-state index >= 15 is 0 Å². The van der Waals surface area contributed by atoms with Crippen LogP contribution in [0, 0.1) is 0 Å². The molecule has 114 valence electrons. The molecule has 0 radical (unpaired) electrons. The van der Waals surface area contributed by atoms with E-state index in [4.69, 9.17) is 17.3 Å². The van der Waals surface area contributed by atoms with Gasteiger partial charge in [0, 0.05) is 11.8 Å². The molecule has 0 aliphatic rings. The molecule has 3 N–H and O–H groups in total. The van der Waals surface area contributed by atoms with Gasteiger partial charge >= 0.3 is 0 Å². The van der Waals surface area contributed by atoms with Crippen molar-refractivity contribution >= 4 is 35.0 Å². The summed E-state index contributed by atoms with van der Waals surface area (Å²) in [4.78, 5) is 11.9. The van der Waals surface area contributed by atoms with Crippen LogP contribution in [0.25, 0.3) is 6.08 Å². The maximum absolute atomic E-state index is 11.9. The predicted octanol–water partition coefficient (Wildman–Crippen LogP) is 4.70. The second kappa shape index (κ2) is 7.14. The molecule has 2 aromatic carbocycles. The molecule has 2 aromatic rings. The van der Waals surface area contributed by atoms with Crippen LogP contribution in [0.4, 0.5) is 11.4 Å². The summed E-state index contributed by atoms with van der Waals surface area (Å²) in [7, 11) is 0. The fourth-order valence-corrected chi connectivity index (χ4v) is 2.21. The van der Waals surface area contributed by atoms with Crippen LogP contribution in [0.5, 0.6) is 0 Å². The van der Waals surface area contributed by atoms with Crippen LogP contribution in [-0.4, -0.2) is 5.91 Å². The van der Waals surface area contributed by atoms with Crippen molar-refractivity contribution in [2.45, 2.75) is 19.8 Å². The van der Waals surface area contributed by atoms with Crippen LogP contribution < -0.4 is 11.1 Å². The molecule has 4 heteroatoms. The van der Waals surface area contributed by atoms with E-state index < -0.39 is 0 Å². The monoisotopic (exact) mass is 314 g/mol. The Morgan fingerprint density at radius 2 is 1.86 bits per heavy atom. The zero-order chi connectivity index (χ0) is 16.1. The van der Waals surface area contributed by atoms with Crippen molar-refractivity contribution in [3.63, 3.8) is 0 Å². The van der Waals surface area contributed by atoms with Gasteiger partial charge in [-0.1, -0.05) is 49.7 Å². The number of amides is 1. The van der Waals surface area contributed by atoms with E-state index in [-0.39, 0.29) is 5.91 Å². The van der Waals surface area contributed by atoms with Gasteiger partial charge in [0.2, 0.25) is 5.91 Å². The van der Waals surface area contributed by atoms with Gasteiger partial charge in [-0.2, -0.15) is 0 Å². The van der Waals surface area contributed by atoms with Crippen LogP contribution in [-0.2, 0) is 4.79 Å². The Hall–Kier alpha value is -2.26. The summed E-state index contributed by atoms with van der Waals surface area (Å²) < 4.78 is 0. The maximum Gasteiger partial charge on any atom is 0.248 e. The Bertz CT molecular complexity index is 691. The second-order valence-electron chi connectivity index (χ2n) is 5.38. The largest absolute Gasteiger partial charge is 0.399 e. The third kappa shape index (κ3) is 4.37. The number of nitrogens with one attached hydrogen (secondary N) is 1. The van der Waals surface area contributed by atoms with E-state index in [1.165, 1.54) is 11.6 Å². The number of nitrogen functional groups attached to an aromatic ring is 1. The van der Waals surface area contributed by atoms with E-state index in [0.29, 0.717) is 22.3 Å². The molecule has 22 heavy (non-hydrogen) atoms. The molecule has 0 bridgehead atoms. The summed E-state index contributed by atoms with van der Waals surface area (Å²) in [5, 5.41) is 3.14. The summed E-state index contributed by atoms with van der Waals surface area (Å²) in [6, 6.07) is 13.1. The fourth-order valence-electron chi connectivity index (χ4n) is 1.97. The number of rotatable bonds is 4. The molecule has 0 saturated carbocycles. The van der Waals surface area contributed by atoms with Crippen LogP contribution in [0.1, 0.15) is 30.9 Å². The number of halogens is 1. The Morgan fingerprint density at radius 1 is 1.18 bits per heavy atom. The van der Waals surface area contributed by atoms with Gasteiger partial charge < -0.3 is 11.1 Å². The summed E-state index contributed by atoms with van der Waals surface area (Å²) in [6.07, 6.45) is 3.25.